The minimum absolute atomic E-state index is 0.330. The zero-order valence-corrected chi connectivity index (χ0v) is 14.1. The molecule has 122 valence electrons. The fourth-order valence-corrected chi connectivity index (χ4v) is 3.88. The van der Waals surface area contributed by atoms with Gasteiger partial charge in [0, 0.05) is 6.04 Å². The second-order valence-electron chi connectivity index (χ2n) is 6.65. The van der Waals surface area contributed by atoms with Crippen molar-refractivity contribution in [3.8, 4) is 0 Å². The molecule has 0 bridgehead atoms. The highest BCUT2D eigenvalue weighted by molar-refractivity contribution is 5.27. The third-order valence-electron chi connectivity index (χ3n) is 5.03. The van der Waals surface area contributed by atoms with Crippen LogP contribution < -0.4 is 5.73 Å². The first kappa shape index (κ1) is 17.2. The van der Waals surface area contributed by atoms with Crippen LogP contribution in [0.15, 0.2) is 43.0 Å². The van der Waals surface area contributed by atoms with E-state index in [9.17, 15) is 0 Å². The fraction of sp³-hybridized carbons (Fsp3) is 0.600. The van der Waals surface area contributed by atoms with Crippen LogP contribution in [-0.2, 0) is 5.54 Å². The summed E-state index contributed by atoms with van der Waals surface area (Å²) in [5.74, 6) is 0. The summed E-state index contributed by atoms with van der Waals surface area (Å²) in [6.07, 6.45) is 10.5. The highest BCUT2D eigenvalue weighted by Gasteiger charge is 2.38. The van der Waals surface area contributed by atoms with E-state index < -0.39 is 0 Å². The normalized spacial score (nSPS) is 20.8. The van der Waals surface area contributed by atoms with Gasteiger partial charge in [-0.1, -0.05) is 62.6 Å². The van der Waals surface area contributed by atoms with Gasteiger partial charge < -0.3 is 5.73 Å². The largest absolute Gasteiger partial charge is 0.320 e. The monoisotopic (exact) mass is 300 g/mol. The summed E-state index contributed by atoms with van der Waals surface area (Å²) in [7, 11) is 0. The zero-order chi connectivity index (χ0) is 15.8. The average Bonchev–Trinajstić information content (AvgIpc) is 2.82. The Morgan fingerprint density at radius 3 is 2.36 bits per heavy atom. The Bertz CT molecular complexity index is 434. The Labute approximate surface area is 136 Å². The van der Waals surface area contributed by atoms with Gasteiger partial charge in [0.25, 0.3) is 0 Å². The Hall–Kier alpha value is -1.12. The first-order valence-electron chi connectivity index (χ1n) is 8.91. The van der Waals surface area contributed by atoms with Crippen LogP contribution in [0.5, 0.6) is 0 Å². The number of nitrogens with two attached hydrogens (primary N) is 1. The molecule has 1 aromatic rings. The fourth-order valence-electron chi connectivity index (χ4n) is 3.88. The Morgan fingerprint density at radius 1 is 1.18 bits per heavy atom. The molecule has 1 aliphatic heterocycles. The first-order chi connectivity index (χ1) is 10.7. The summed E-state index contributed by atoms with van der Waals surface area (Å²) < 4.78 is 0. The van der Waals surface area contributed by atoms with Gasteiger partial charge in [0.05, 0.1) is 5.54 Å². The molecular weight excluding hydrogens is 268 g/mol. The quantitative estimate of drug-likeness (QED) is 0.753. The van der Waals surface area contributed by atoms with Crippen molar-refractivity contribution in [1.29, 1.82) is 0 Å². The predicted molar refractivity (Wildman–Crippen MR) is 95.9 cm³/mol. The van der Waals surface area contributed by atoms with Crippen molar-refractivity contribution < 1.29 is 0 Å². The molecule has 1 fully saturated rings. The number of likely N-dealkylation sites (tertiary alicyclic amines) is 1. The van der Waals surface area contributed by atoms with E-state index in [-0.39, 0.29) is 5.54 Å². The van der Waals surface area contributed by atoms with E-state index >= 15 is 0 Å². The van der Waals surface area contributed by atoms with Crippen molar-refractivity contribution in [2.45, 2.75) is 63.5 Å². The number of hydrogen-bond donors (Lipinski definition) is 1. The Kier molecular flexibility index (Phi) is 6.66. The van der Waals surface area contributed by atoms with Crippen molar-refractivity contribution in [3.63, 3.8) is 0 Å². The highest BCUT2D eigenvalue weighted by Crippen LogP contribution is 2.33. The molecule has 0 aromatic heterocycles. The lowest BCUT2D eigenvalue weighted by atomic mass is 9.78. The molecule has 2 atom stereocenters. The van der Waals surface area contributed by atoms with Gasteiger partial charge in [0.1, 0.15) is 0 Å². The Balaban J connectivity index is 2.33. The van der Waals surface area contributed by atoms with E-state index in [2.05, 4.69) is 48.7 Å². The third-order valence-corrected chi connectivity index (χ3v) is 5.03. The molecule has 1 heterocycles. The van der Waals surface area contributed by atoms with E-state index in [0.29, 0.717) is 6.04 Å². The van der Waals surface area contributed by atoms with Gasteiger partial charge in [-0.2, -0.15) is 0 Å². The molecule has 0 saturated carbocycles. The summed E-state index contributed by atoms with van der Waals surface area (Å²) in [4.78, 5) is 2.66. The van der Waals surface area contributed by atoms with Gasteiger partial charge >= 0.3 is 0 Å². The van der Waals surface area contributed by atoms with Gasteiger partial charge in [-0.25, -0.2) is 0 Å². The topological polar surface area (TPSA) is 29.3 Å². The smallest absolute Gasteiger partial charge is 0.0602 e. The second kappa shape index (κ2) is 8.50. The van der Waals surface area contributed by atoms with E-state index in [0.717, 1.165) is 12.8 Å². The van der Waals surface area contributed by atoms with Crippen molar-refractivity contribution in [2.75, 3.05) is 13.1 Å². The van der Waals surface area contributed by atoms with Crippen molar-refractivity contribution >= 4 is 0 Å². The molecule has 0 spiro atoms. The van der Waals surface area contributed by atoms with Gasteiger partial charge in [-0.15, -0.1) is 6.58 Å². The number of hydrogen-bond acceptors (Lipinski definition) is 2. The lowest BCUT2D eigenvalue weighted by Crippen LogP contribution is -2.56. The number of rotatable bonds is 7. The first-order valence-corrected chi connectivity index (χ1v) is 8.91. The van der Waals surface area contributed by atoms with Crippen molar-refractivity contribution in [3.05, 3.63) is 48.6 Å². The van der Waals surface area contributed by atoms with Gasteiger partial charge in [0.2, 0.25) is 0 Å². The highest BCUT2D eigenvalue weighted by atomic mass is 15.2. The third kappa shape index (κ3) is 3.99. The van der Waals surface area contributed by atoms with Crippen LogP contribution >= 0.6 is 0 Å². The average molecular weight is 300 g/mol. The summed E-state index contributed by atoms with van der Waals surface area (Å²) in [5.41, 5.74) is 7.95. The minimum atomic E-state index is -0.330. The second-order valence-corrected chi connectivity index (χ2v) is 6.65. The zero-order valence-electron chi connectivity index (χ0n) is 14.1. The van der Waals surface area contributed by atoms with E-state index in [1.165, 1.54) is 50.8 Å². The SMILES string of the molecule is C=CCC(N)(c1ccccc1)C(CCC)N1CCCCCC1. The van der Waals surface area contributed by atoms with Gasteiger partial charge in [-0.3, -0.25) is 4.90 Å². The van der Waals surface area contributed by atoms with E-state index in [1.807, 2.05) is 6.08 Å². The van der Waals surface area contributed by atoms with Crippen LogP contribution in [0.3, 0.4) is 0 Å². The van der Waals surface area contributed by atoms with Gasteiger partial charge in [-0.05, 0) is 44.3 Å². The maximum absolute atomic E-state index is 7.03. The molecule has 2 unspecified atom stereocenters. The lowest BCUT2D eigenvalue weighted by Gasteiger charge is -2.44. The van der Waals surface area contributed by atoms with Crippen LogP contribution in [0.1, 0.15) is 57.4 Å². The molecule has 1 aliphatic rings. The number of benzene rings is 1. The molecule has 1 aromatic carbocycles. The van der Waals surface area contributed by atoms with Crippen molar-refractivity contribution in [2.24, 2.45) is 5.73 Å². The number of nitrogens with zero attached hydrogens (tertiary/aromatic N) is 1. The Morgan fingerprint density at radius 2 is 1.82 bits per heavy atom. The van der Waals surface area contributed by atoms with E-state index in [1.54, 1.807) is 0 Å². The van der Waals surface area contributed by atoms with Crippen LogP contribution in [0, 0.1) is 0 Å². The molecule has 0 aliphatic carbocycles. The molecular formula is C20H32N2. The molecule has 2 nitrogen and oxygen atoms in total. The van der Waals surface area contributed by atoms with Crippen LogP contribution in [0.2, 0.25) is 0 Å². The van der Waals surface area contributed by atoms with Crippen LogP contribution in [0.4, 0.5) is 0 Å². The van der Waals surface area contributed by atoms with E-state index in [4.69, 9.17) is 5.73 Å². The van der Waals surface area contributed by atoms with Crippen molar-refractivity contribution in [1.82, 2.24) is 4.90 Å². The molecule has 0 radical (unpaired) electrons. The molecule has 22 heavy (non-hydrogen) atoms. The summed E-state index contributed by atoms with van der Waals surface area (Å²) in [6, 6.07) is 11.0. The lowest BCUT2D eigenvalue weighted by molar-refractivity contribution is 0.112. The predicted octanol–water partition coefficient (Wildman–Crippen LogP) is 4.46. The minimum Gasteiger partial charge on any atom is -0.320 e. The molecule has 2 N–H and O–H groups in total. The summed E-state index contributed by atoms with van der Waals surface area (Å²) in [6.45, 7) is 8.62. The maximum Gasteiger partial charge on any atom is 0.0602 e. The standard InChI is InChI=1S/C20H32N2/c1-3-12-19(22-16-10-5-6-11-17-22)20(21,15-4-2)18-13-8-7-9-14-18/h4,7-9,13-14,19H,2-3,5-6,10-12,15-17,21H2,1H3. The molecule has 1 saturated heterocycles. The maximum atomic E-state index is 7.03. The van der Waals surface area contributed by atoms with Crippen LogP contribution in [0.25, 0.3) is 0 Å². The van der Waals surface area contributed by atoms with Crippen LogP contribution in [-0.4, -0.2) is 24.0 Å². The molecule has 2 heteroatoms. The molecule has 2 rings (SSSR count). The summed E-state index contributed by atoms with van der Waals surface area (Å²) >= 11 is 0. The summed E-state index contributed by atoms with van der Waals surface area (Å²) in [5, 5.41) is 0. The van der Waals surface area contributed by atoms with Gasteiger partial charge in [0.15, 0.2) is 0 Å². The molecule has 0 amide bonds.